The molecule has 2 aromatic rings. The Bertz CT molecular complexity index is 680. The van der Waals surface area contributed by atoms with Crippen LogP contribution in [0.4, 0.5) is 0 Å². The predicted octanol–water partition coefficient (Wildman–Crippen LogP) is 2.58. The SMILES string of the molecule is COc1ccc(CNC(=O)[C@@H](C)N2CCN(Cc3cccs3)CC2)cc1. The second-order valence-corrected chi connectivity index (χ2v) is 7.67. The molecule has 0 bridgehead atoms. The molecule has 2 heterocycles. The van der Waals surface area contributed by atoms with E-state index < -0.39 is 0 Å². The minimum absolute atomic E-state index is 0.0903. The molecule has 1 saturated heterocycles. The summed E-state index contributed by atoms with van der Waals surface area (Å²) in [5.41, 5.74) is 1.08. The summed E-state index contributed by atoms with van der Waals surface area (Å²) < 4.78 is 5.16. The highest BCUT2D eigenvalue weighted by molar-refractivity contribution is 7.09. The Balaban J connectivity index is 1.42. The van der Waals surface area contributed by atoms with Crippen LogP contribution in [0.2, 0.25) is 0 Å². The molecule has 6 heteroatoms. The zero-order valence-electron chi connectivity index (χ0n) is 15.5. The Labute approximate surface area is 159 Å². The summed E-state index contributed by atoms with van der Waals surface area (Å²) in [6, 6.07) is 12.0. The average Bonchev–Trinajstić information content (AvgIpc) is 3.19. The van der Waals surface area contributed by atoms with Crippen molar-refractivity contribution in [3.05, 3.63) is 52.2 Å². The van der Waals surface area contributed by atoms with Crippen molar-refractivity contribution in [2.24, 2.45) is 0 Å². The molecular weight excluding hydrogens is 346 g/mol. The van der Waals surface area contributed by atoms with Crippen molar-refractivity contribution in [1.82, 2.24) is 15.1 Å². The monoisotopic (exact) mass is 373 g/mol. The van der Waals surface area contributed by atoms with Gasteiger partial charge in [-0.05, 0) is 36.1 Å². The van der Waals surface area contributed by atoms with Crippen LogP contribution in [-0.2, 0) is 17.9 Å². The van der Waals surface area contributed by atoms with E-state index in [9.17, 15) is 4.79 Å². The number of amides is 1. The van der Waals surface area contributed by atoms with Crippen molar-refractivity contribution >= 4 is 17.2 Å². The molecular formula is C20H27N3O2S. The minimum atomic E-state index is -0.0999. The van der Waals surface area contributed by atoms with Gasteiger partial charge in [0, 0.05) is 44.1 Å². The number of methoxy groups -OCH3 is 1. The number of ether oxygens (including phenoxy) is 1. The van der Waals surface area contributed by atoms with Gasteiger partial charge in [-0.15, -0.1) is 11.3 Å². The molecule has 0 radical (unpaired) electrons. The van der Waals surface area contributed by atoms with Crippen LogP contribution in [0.15, 0.2) is 41.8 Å². The topological polar surface area (TPSA) is 44.8 Å². The molecule has 1 aromatic carbocycles. The third kappa shape index (κ3) is 5.06. The summed E-state index contributed by atoms with van der Waals surface area (Å²) in [4.78, 5) is 18.6. The molecule has 140 valence electrons. The smallest absolute Gasteiger partial charge is 0.237 e. The van der Waals surface area contributed by atoms with E-state index in [0.29, 0.717) is 6.54 Å². The molecule has 5 nitrogen and oxygen atoms in total. The molecule has 1 atom stereocenters. The number of piperazine rings is 1. The third-order valence-corrected chi connectivity index (χ3v) is 5.78. The fourth-order valence-corrected chi connectivity index (χ4v) is 3.92. The zero-order valence-corrected chi connectivity index (χ0v) is 16.3. The Morgan fingerprint density at radius 1 is 1.19 bits per heavy atom. The van der Waals surface area contributed by atoms with E-state index in [2.05, 4.69) is 32.6 Å². The van der Waals surface area contributed by atoms with Crippen LogP contribution < -0.4 is 10.1 Å². The number of rotatable bonds is 7. The van der Waals surface area contributed by atoms with Crippen LogP contribution in [0.5, 0.6) is 5.75 Å². The van der Waals surface area contributed by atoms with Gasteiger partial charge in [-0.2, -0.15) is 0 Å². The van der Waals surface area contributed by atoms with E-state index in [1.807, 2.05) is 42.5 Å². The lowest BCUT2D eigenvalue weighted by Crippen LogP contribution is -2.53. The van der Waals surface area contributed by atoms with Crippen LogP contribution in [0.1, 0.15) is 17.4 Å². The number of carbonyl (C=O) groups excluding carboxylic acids is 1. The number of hydrogen-bond acceptors (Lipinski definition) is 5. The minimum Gasteiger partial charge on any atom is -0.497 e. The molecule has 26 heavy (non-hydrogen) atoms. The summed E-state index contributed by atoms with van der Waals surface area (Å²) in [5.74, 6) is 0.918. The maximum absolute atomic E-state index is 12.5. The lowest BCUT2D eigenvalue weighted by atomic mass is 10.2. The van der Waals surface area contributed by atoms with Gasteiger partial charge < -0.3 is 10.1 Å². The van der Waals surface area contributed by atoms with Crippen LogP contribution in [0.3, 0.4) is 0 Å². The predicted molar refractivity (Wildman–Crippen MR) is 105 cm³/mol. The van der Waals surface area contributed by atoms with Gasteiger partial charge in [0.25, 0.3) is 0 Å². The lowest BCUT2D eigenvalue weighted by molar-refractivity contribution is -0.126. The Hall–Kier alpha value is -1.89. The quantitative estimate of drug-likeness (QED) is 0.810. The highest BCUT2D eigenvalue weighted by Gasteiger charge is 2.25. The van der Waals surface area contributed by atoms with Gasteiger partial charge in [0.15, 0.2) is 0 Å². The Kier molecular flexibility index (Phi) is 6.66. The molecule has 0 spiro atoms. The number of thiophene rings is 1. The normalized spacial score (nSPS) is 17.0. The highest BCUT2D eigenvalue weighted by Crippen LogP contribution is 2.15. The lowest BCUT2D eigenvalue weighted by Gasteiger charge is -2.37. The molecule has 1 aromatic heterocycles. The number of hydrogen-bond donors (Lipinski definition) is 1. The molecule has 1 fully saturated rings. The molecule has 1 amide bonds. The first-order valence-corrected chi connectivity index (χ1v) is 9.93. The van der Waals surface area contributed by atoms with Crippen LogP contribution >= 0.6 is 11.3 Å². The first kappa shape index (κ1) is 18.9. The van der Waals surface area contributed by atoms with E-state index in [0.717, 1.165) is 44.0 Å². The first-order valence-electron chi connectivity index (χ1n) is 9.05. The highest BCUT2D eigenvalue weighted by atomic mass is 32.1. The summed E-state index contributed by atoms with van der Waals surface area (Å²) in [6.45, 7) is 7.44. The Morgan fingerprint density at radius 2 is 1.92 bits per heavy atom. The van der Waals surface area contributed by atoms with E-state index in [-0.39, 0.29) is 11.9 Å². The molecule has 1 aliphatic heterocycles. The van der Waals surface area contributed by atoms with Gasteiger partial charge >= 0.3 is 0 Å². The van der Waals surface area contributed by atoms with Crippen molar-refractivity contribution in [2.45, 2.75) is 26.1 Å². The number of carbonyl (C=O) groups is 1. The van der Waals surface area contributed by atoms with Crippen molar-refractivity contribution in [1.29, 1.82) is 0 Å². The van der Waals surface area contributed by atoms with Gasteiger partial charge in [-0.3, -0.25) is 14.6 Å². The van der Waals surface area contributed by atoms with Gasteiger partial charge in [0.2, 0.25) is 5.91 Å². The second-order valence-electron chi connectivity index (χ2n) is 6.63. The zero-order chi connectivity index (χ0) is 18.4. The number of nitrogens with zero attached hydrogens (tertiary/aromatic N) is 2. The molecule has 1 N–H and O–H groups in total. The summed E-state index contributed by atoms with van der Waals surface area (Å²) in [7, 11) is 1.65. The van der Waals surface area contributed by atoms with Crippen LogP contribution in [0.25, 0.3) is 0 Å². The maximum atomic E-state index is 12.5. The van der Waals surface area contributed by atoms with E-state index in [1.165, 1.54) is 4.88 Å². The van der Waals surface area contributed by atoms with Crippen molar-refractivity contribution in [3.63, 3.8) is 0 Å². The summed E-state index contributed by atoms with van der Waals surface area (Å²) in [6.07, 6.45) is 0. The van der Waals surface area contributed by atoms with Gasteiger partial charge in [-0.25, -0.2) is 0 Å². The first-order chi connectivity index (χ1) is 12.7. The fourth-order valence-electron chi connectivity index (χ4n) is 3.18. The van der Waals surface area contributed by atoms with Crippen LogP contribution in [0, 0.1) is 0 Å². The molecule has 0 aliphatic carbocycles. The van der Waals surface area contributed by atoms with E-state index in [1.54, 1.807) is 7.11 Å². The summed E-state index contributed by atoms with van der Waals surface area (Å²) >= 11 is 1.81. The Morgan fingerprint density at radius 3 is 2.54 bits per heavy atom. The average molecular weight is 374 g/mol. The van der Waals surface area contributed by atoms with Crippen LogP contribution in [-0.4, -0.2) is 55.0 Å². The van der Waals surface area contributed by atoms with E-state index >= 15 is 0 Å². The van der Waals surface area contributed by atoms with Crippen molar-refractivity contribution in [3.8, 4) is 5.75 Å². The standard InChI is InChI=1S/C20H27N3O2S/c1-16(20(24)21-14-17-5-7-18(25-2)8-6-17)23-11-9-22(10-12-23)15-19-4-3-13-26-19/h3-8,13,16H,9-12,14-15H2,1-2H3,(H,21,24)/t16-/m1/s1. The summed E-state index contributed by atoms with van der Waals surface area (Å²) in [5, 5.41) is 5.17. The van der Waals surface area contributed by atoms with E-state index in [4.69, 9.17) is 4.74 Å². The van der Waals surface area contributed by atoms with Crippen molar-refractivity contribution < 1.29 is 9.53 Å². The van der Waals surface area contributed by atoms with Gasteiger partial charge in [0.05, 0.1) is 13.2 Å². The molecule has 3 rings (SSSR count). The van der Waals surface area contributed by atoms with Crippen molar-refractivity contribution in [2.75, 3.05) is 33.3 Å². The fraction of sp³-hybridized carbons (Fsp3) is 0.450. The number of nitrogens with one attached hydrogen (secondary N) is 1. The largest absolute Gasteiger partial charge is 0.497 e. The third-order valence-electron chi connectivity index (χ3n) is 4.92. The molecule has 0 unspecified atom stereocenters. The second kappa shape index (κ2) is 9.16. The molecule has 0 saturated carbocycles. The number of benzene rings is 1. The van der Waals surface area contributed by atoms with Gasteiger partial charge in [-0.1, -0.05) is 18.2 Å². The molecule has 1 aliphatic rings. The van der Waals surface area contributed by atoms with Gasteiger partial charge in [0.1, 0.15) is 5.75 Å². The maximum Gasteiger partial charge on any atom is 0.237 e.